The molecule has 1 aromatic carbocycles. The van der Waals surface area contributed by atoms with Crippen LogP contribution in [0.4, 0.5) is 0 Å². The first-order chi connectivity index (χ1) is 10.4. The lowest BCUT2D eigenvalue weighted by Crippen LogP contribution is -2.58. The minimum Gasteiger partial charge on any atom is -0.364 e. The molecule has 1 atom stereocenters. The van der Waals surface area contributed by atoms with Crippen molar-refractivity contribution in [2.45, 2.75) is 83.0 Å². The monoisotopic (exact) mass is 343 g/mol. The molecule has 1 unspecified atom stereocenters. The number of halogens is 1. The summed E-state index contributed by atoms with van der Waals surface area (Å²) < 4.78 is 0. The summed E-state index contributed by atoms with van der Waals surface area (Å²) in [5.41, 5.74) is 6.34. The summed E-state index contributed by atoms with van der Waals surface area (Å²) in [6, 6.07) is 9.88. The highest BCUT2D eigenvalue weighted by atomic mass is 35.5. The molecule has 23 heavy (non-hydrogen) atoms. The third-order valence-electron chi connectivity index (χ3n) is 4.57. The van der Waals surface area contributed by atoms with E-state index in [0.717, 1.165) is 18.4 Å². The second kappa shape index (κ2) is 11.0. The van der Waals surface area contributed by atoms with E-state index in [0.29, 0.717) is 12.8 Å². The van der Waals surface area contributed by atoms with Crippen LogP contribution in [0.5, 0.6) is 0 Å². The maximum atomic E-state index is 10.4. The fraction of sp³-hybridized carbons (Fsp3) is 0.684. The van der Waals surface area contributed by atoms with Gasteiger partial charge in [-0.25, -0.2) is 0 Å². The Morgan fingerprint density at radius 3 is 2.09 bits per heavy atom. The van der Waals surface area contributed by atoms with E-state index in [2.05, 4.69) is 6.92 Å². The Balaban J connectivity index is 0.00000484. The van der Waals surface area contributed by atoms with Gasteiger partial charge >= 0.3 is 0 Å². The summed E-state index contributed by atoms with van der Waals surface area (Å²) in [4.78, 5) is 0. The van der Waals surface area contributed by atoms with Gasteiger partial charge in [0.1, 0.15) is 0 Å². The van der Waals surface area contributed by atoms with Crippen molar-refractivity contribution in [1.29, 1.82) is 0 Å². The van der Waals surface area contributed by atoms with E-state index in [4.69, 9.17) is 5.73 Å². The SMILES string of the molecule is CCCCCCCCC(C)(N)C(O)(O)CCc1ccccc1.Cl. The molecule has 0 aliphatic carbocycles. The number of nitrogens with two attached hydrogens (primary N) is 1. The van der Waals surface area contributed by atoms with E-state index in [1.54, 1.807) is 6.92 Å². The van der Waals surface area contributed by atoms with Crippen molar-refractivity contribution in [2.75, 3.05) is 0 Å². The lowest BCUT2D eigenvalue weighted by molar-refractivity contribution is -0.211. The second-order valence-corrected chi connectivity index (χ2v) is 6.74. The molecular weight excluding hydrogens is 310 g/mol. The average Bonchev–Trinajstić information content (AvgIpc) is 2.49. The van der Waals surface area contributed by atoms with E-state index in [1.165, 1.54) is 25.7 Å². The Kier molecular flexibility index (Phi) is 10.7. The first-order valence-electron chi connectivity index (χ1n) is 8.66. The van der Waals surface area contributed by atoms with Crippen LogP contribution in [0.2, 0.25) is 0 Å². The molecule has 0 aromatic heterocycles. The van der Waals surface area contributed by atoms with Crippen LogP contribution in [-0.4, -0.2) is 21.5 Å². The van der Waals surface area contributed by atoms with Gasteiger partial charge in [0.05, 0.1) is 5.54 Å². The zero-order valence-corrected chi connectivity index (χ0v) is 15.4. The molecular formula is C19H34ClNO2. The molecule has 0 fully saturated rings. The first-order valence-corrected chi connectivity index (χ1v) is 8.66. The average molecular weight is 344 g/mol. The van der Waals surface area contributed by atoms with E-state index >= 15 is 0 Å². The van der Waals surface area contributed by atoms with E-state index < -0.39 is 11.3 Å². The highest BCUT2D eigenvalue weighted by molar-refractivity contribution is 5.85. The van der Waals surface area contributed by atoms with Gasteiger partial charge in [-0.1, -0.05) is 75.8 Å². The van der Waals surface area contributed by atoms with Gasteiger partial charge in [-0.15, -0.1) is 12.4 Å². The molecule has 4 heteroatoms. The molecule has 0 amide bonds. The zero-order valence-electron chi connectivity index (χ0n) is 14.6. The molecule has 0 spiro atoms. The van der Waals surface area contributed by atoms with Gasteiger partial charge in [-0.05, 0) is 25.3 Å². The van der Waals surface area contributed by atoms with Crippen molar-refractivity contribution in [3.63, 3.8) is 0 Å². The number of hydrogen-bond donors (Lipinski definition) is 3. The van der Waals surface area contributed by atoms with Crippen LogP contribution in [0, 0.1) is 0 Å². The largest absolute Gasteiger partial charge is 0.364 e. The van der Waals surface area contributed by atoms with Crippen LogP contribution in [0.3, 0.4) is 0 Å². The molecule has 0 bridgehead atoms. The van der Waals surface area contributed by atoms with Crippen molar-refractivity contribution in [3.8, 4) is 0 Å². The molecule has 0 saturated carbocycles. The molecule has 134 valence electrons. The third kappa shape index (κ3) is 8.16. The lowest BCUT2D eigenvalue weighted by Gasteiger charge is -2.38. The molecule has 0 saturated heterocycles. The second-order valence-electron chi connectivity index (χ2n) is 6.74. The number of aryl methyl sites for hydroxylation is 1. The zero-order chi connectivity index (χ0) is 16.5. The number of aliphatic hydroxyl groups is 2. The predicted molar refractivity (Wildman–Crippen MR) is 99.8 cm³/mol. The Hall–Kier alpha value is -0.610. The molecule has 0 aliphatic rings. The van der Waals surface area contributed by atoms with Gasteiger partial charge in [0.2, 0.25) is 0 Å². The Labute approximate surface area is 147 Å². The van der Waals surface area contributed by atoms with Crippen molar-refractivity contribution in [1.82, 2.24) is 0 Å². The number of rotatable bonds is 11. The summed E-state index contributed by atoms with van der Waals surface area (Å²) >= 11 is 0. The molecule has 1 aromatic rings. The molecule has 4 N–H and O–H groups in total. The van der Waals surface area contributed by atoms with Crippen LogP contribution in [-0.2, 0) is 6.42 Å². The maximum Gasteiger partial charge on any atom is 0.181 e. The normalized spacial score (nSPS) is 14.1. The molecule has 3 nitrogen and oxygen atoms in total. The predicted octanol–water partition coefficient (Wildman–Crippen LogP) is 4.19. The summed E-state index contributed by atoms with van der Waals surface area (Å²) in [5, 5.41) is 20.7. The third-order valence-corrected chi connectivity index (χ3v) is 4.57. The standard InChI is InChI=1S/C19H33NO2.ClH/c1-3-4-5-6-7-11-15-18(2,20)19(21,22)16-14-17-12-9-8-10-13-17;/h8-10,12-13,21-22H,3-7,11,14-16,20H2,1-2H3;1H. The van der Waals surface area contributed by atoms with Crippen LogP contribution in [0.1, 0.15) is 70.8 Å². The van der Waals surface area contributed by atoms with Crippen molar-refractivity contribution < 1.29 is 10.2 Å². The molecule has 0 radical (unpaired) electrons. The summed E-state index contributed by atoms with van der Waals surface area (Å²) in [6.07, 6.45) is 8.57. The first kappa shape index (κ1) is 22.4. The maximum absolute atomic E-state index is 10.4. The fourth-order valence-electron chi connectivity index (χ4n) is 2.72. The highest BCUT2D eigenvalue weighted by Crippen LogP contribution is 2.28. The fourth-order valence-corrected chi connectivity index (χ4v) is 2.72. The summed E-state index contributed by atoms with van der Waals surface area (Å²) in [5.74, 6) is -1.83. The van der Waals surface area contributed by atoms with E-state index in [-0.39, 0.29) is 18.8 Å². The van der Waals surface area contributed by atoms with Gasteiger partial charge in [0.15, 0.2) is 5.79 Å². The number of benzene rings is 1. The van der Waals surface area contributed by atoms with Gasteiger partial charge in [0.25, 0.3) is 0 Å². The Bertz CT molecular complexity index is 407. The smallest absolute Gasteiger partial charge is 0.181 e. The number of unbranched alkanes of at least 4 members (excludes halogenated alkanes) is 5. The highest BCUT2D eigenvalue weighted by Gasteiger charge is 2.41. The van der Waals surface area contributed by atoms with Gasteiger partial charge in [-0.2, -0.15) is 0 Å². The van der Waals surface area contributed by atoms with Crippen LogP contribution in [0.25, 0.3) is 0 Å². The summed E-state index contributed by atoms with van der Waals surface area (Å²) in [6.45, 7) is 3.96. The molecule has 1 rings (SSSR count). The summed E-state index contributed by atoms with van der Waals surface area (Å²) in [7, 11) is 0. The van der Waals surface area contributed by atoms with Crippen molar-refractivity contribution >= 4 is 12.4 Å². The topological polar surface area (TPSA) is 66.5 Å². The van der Waals surface area contributed by atoms with Crippen molar-refractivity contribution in [2.24, 2.45) is 5.73 Å². The Morgan fingerprint density at radius 1 is 0.913 bits per heavy atom. The van der Waals surface area contributed by atoms with E-state index in [9.17, 15) is 10.2 Å². The van der Waals surface area contributed by atoms with Gasteiger partial charge in [-0.3, -0.25) is 0 Å². The molecule has 0 aliphatic heterocycles. The minimum atomic E-state index is -1.83. The van der Waals surface area contributed by atoms with Gasteiger partial charge < -0.3 is 15.9 Å². The van der Waals surface area contributed by atoms with Gasteiger partial charge in [0, 0.05) is 6.42 Å². The molecule has 0 heterocycles. The van der Waals surface area contributed by atoms with Crippen LogP contribution >= 0.6 is 12.4 Å². The van der Waals surface area contributed by atoms with Crippen LogP contribution < -0.4 is 5.73 Å². The number of hydrogen-bond acceptors (Lipinski definition) is 3. The van der Waals surface area contributed by atoms with Crippen LogP contribution in [0.15, 0.2) is 30.3 Å². The lowest BCUT2D eigenvalue weighted by atomic mass is 9.83. The minimum absolute atomic E-state index is 0. The quantitative estimate of drug-likeness (QED) is 0.417. The van der Waals surface area contributed by atoms with E-state index in [1.807, 2.05) is 30.3 Å². The van der Waals surface area contributed by atoms with Crippen molar-refractivity contribution in [3.05, 3.63) is 35.9 Å². The Morgan fingerprint density at radius 2 is 1.48 bits per heavy atom.